The first-order valence-corrected chi connectivity index (χ1v) is 10.8. The van der Waals surface area contributed by atoms with Crippen LogP contribution in [0.3, 0.4) is 0 Å². The molecule has 0 amide bonds. The Hall–Kier alpha value is -3.51. The lowest BCUT2D eigenvalue weighted by atomic mass is 10.3. The number of methoxy groups -OCH3 is 1. The van der Waals surface area contributed by atoms with E-state index in [9.17, 15) is 18.5 Å². The summed E-state index contributed by atoms with van der Waals surface area (Å²) in [7, 11) is -2.68. The van der Waals surface area contributed by atoms with Crippen molar-refractivity contribution in [2.75, 3.05) is 17.3 Å². The molecular weight excluding hydrogens is 430 g/mol. The largest absolute Gasteiger partial charge is 0.495 e. The van der Waals surface area contributed by atoms with Crippen LogP contribution in [-0.2, 0) is 10.0 Å². The van der Waals surface area contributed by atoms with Crippen molar-refractivity contribution in [1.82, 2.24) is 4.98 Å². The molecule has 0 aliphatic heterocycles. The van der Waals surface area contributed by atoms with Crippen molar-refractivity contribution in [3.63, 3.8) is 0 Å². The number of nitro groups is 1. The van der Waals surface area contributed by atoms with Gasteiger partial charge in [-0.25, -0.2) is 13.4 Å². The first-order chi connectivity index (χ1) is 14.3. The number of thiazole rings is 1. The quantitative estimate of drug-likeness (QED) is 0.306. The third-order valence-corrected chi connectivity index (χ3v) is 6.00. The van der Waals surface area contributed by atoms with Gasteiger partial charge in [0.05, 0.1) is 39.5 Å². The van der Waals surface area contributed by atoms with Gasteiger partial charge in [-0.3, -0.25) is 20.3 Å². The lowest BCUT2D eigenvalue weighted by Gasteiger charge is -2.12. The third-order valence-electron chi connectivity index (χ3n) is 3.85. The maximum atomic E-state index is 12.7. The van der Waals surface area contributed by atoms with Gasteiger partial charge in [0, 0.05) is 11.4 Å². The highest BCUT2D eigenvalue weighted by Crippen LogP contribution is 2.30. The van der Waals surface area contributed by atoms with Crippen molar-refractivity contribution in [2.45, 2.75) is 11.8 Å². The maximum absolute atomic E-state index is 12.7. The van der Waals surface area contributed by atoms with Crippen LogP contribution in [0.4, 0.5) is 17.1 Å². The molecule has 12 heteroatoms. The van der Waals surface area contributed by atoms with Crippen LogP contribution >= 0.6 is 11.3 Å². The van der Waals surface area contributed by atoms with Crippen molar-refractivity contribution in [3.8, 4) is 5.75 Å². The molecule has 3 rings (SSSR count). The van der Waals surface area contributed by atoms with E-state index in [1.54, 1.807) is 23.6 Å². The highest BCUT2D eigenvalue weighted by molar-refractivity contribution is 7.92. The highest BCUT2D eigenvalue weighted by Gasteiger charge is 2.22. The number of anilines is 2. The summed E-state index contributed by atoms with van der Waals surface area (Å²) in [5.74, 6) is 0.320. The van der Waals surface area contributed by atoms with Crippen LogP contribution in [-0.4, -0.2) is 31.6 Å². The normalized spacial score (nSPS) is 11.4. The molecule has 3 aromatic rings. The zero-order valence-corrected chi connectivity index (χ0v) is 17.5. The molecule has 2 aromatic carbocycles. The summed E-state index contributed by atoms with van der Waals surface area (Å²) >= 11 is 1.45. The molecule has 10 nitrogen and oxygen atoms in total. The van der Waals surface area contributed by atoms with Gasteiger partial charge in [0.1, 0.15) is 11.4 Å². The van der Waals surface area contributed by atoms with Crippen LogP contribution < -0.4 is 14.9 Å². The van der Waals surface area contributed by atoms with Crippen LogP contribution in [0.25, 0.3) is 0 Å². The third kappa shape index (κ3) is 4.90. The zero-order chi connectivity index (χ0) is 21.7. The first kappa shape index (κ1) is 21.2. The second kappa shape index (κ2) is 8.88. The molecule has 0 aliphatic carbocycles. The van der Waals surface area contributed by atoms with Gasteiger partial charge in [-0.15, -0.1) is 11.3 Å². The zero-order valence-electron chi connectivity index (χ0n) is 15.9. The molecule has 0 saturated heterocycles. The lowest BCUT2D eigenvalue weighted by Crippen LogP contribution is -2.14. The fourth-order valence-corrected chi connectivity index (χ4v) is 4.12. The average Bonchev–Trinajstić information content (AvgIpc) is 3.13. The number of aromatic nitrogens is 1. The first-order valence-electron chi connectivity index (χ1n) is 8.45. The Morgan fingerprint density at radius 2 is 2.00 bits per heavy atom. The summed E-state index contributed by atoms with van der Waals surface area (Å²) in [6, 6.07) is 9.93. The van der Waals surface area contributed by atoms with Gasteiger partial charge in [-0.2, -0.15) is 5.10 Å². The molecule has 0 aliphatic rings. The number of hydrazone groups is 1. The number of nitrogens with zero attached hydrogens (tertiary/aromatic N) is 3. The van der Waals surface area contributed by atoms with E-state index in [2.05, 4.69) is 20.2 Å². The number of hydrogen-bond donors (Lipinski definition) is 2. The second-order valence-electron chi connectivity index (χ2n) is 5.90. The minimum atomic E-state index is -4.09. The molecule has 0 fully saturated rings. The molecule has 1 heterocycles. The smallest absolute Gasteiger partial charge is 0.295 e. The Balaban J connectivity index is 1.86. The van der Waals surface area contributed by atoms with E-state index in [1.807, 2.05) is 6.92 Å². The van der Waals surface area contributed by atoms with E-state index in [1.165, 1.54) is 42.9 Å². The van der Waals surface area contributed by atoms with E-state index >= 15 is 0 Å². The number of rotatable bonds is 8. The molecule has 1 aromatic heterocycles. The molecule has 0 atom stereocenters. The van der Waals surface area contributed by atoms with Gasteiger partial charge in [-0.05, 0) is 31.2 Å². The molecule has 0 bridgehead atoms. The van der Waals surface area contributed by atoms with Crippen LogP contribution in [0.1, 0.15) is 10.7 Å². The van der Waals surface area contributed by atoms with Gasteiger partial charge < -0.3 is 4.74 Å². The Kier molecular flexibility index (Phi) is 6.28. The summed E-state index contributed by atoms with van der Waals surface area (Å²) < 4.78 is 32.9. The van der Waals surface area contributed by atoms with Gasteiger partial charge in [0.2, 0.25) is 0 Å². The van der Waals surface area contributed by atoms with E-state index < -0.39 is 20.6 Å². The van der Waals surface area contributed by atoms with Crippen molar-refractivity contribution in [3.05, 3.63) is 68.7 Å². The molecule has 156 valence electrons. The topological polar surface area (TPSA) is 136 Å². The van der Waals surface area contributed by atoms with Crippen LogP contribution in [0, 0.1) is 17.0 Å². The number of aryl methyl sites for hydroxylation is 1. The molecule has 0 saturated carbocycles. The molecule has 30 heavy (non-hydrogen) atoms. The van der Waals surface area contributed by atoms with Gasteiger partial charge in [0.25, 0.3) is 15.7 Å². The Bertz CT molecular complexity index is 1210. The van der Waals surface area contributed by atoms with E-state index in [4.69, 9.17) is 4.74 Å². The minimum Gasteiger partial charge on any atom is -0.495 e. The number of sulfonamides is 1. The molecule has 0 unspecified atom stereocenters. The average molecular weight is 447 g/mol. The fraction of sp³-hybridized carbons (Fsp3) is 0.111. The second-order valence-corrected chi connectivity index (χ2v) is 8.65. The summed E-state index contributed by atoms with van der Waals surface area (Å²) in [4.78, 5) is 14.7. The number of benzene rings is 2. The fourth-order valence-electron chi connectivity index (χ4n) is 2.46. The van der Waals surface area contributed by atoms with Crippen molar-refractivity contribution in [2.24, 2.45) is 5.10 Å². The number of ether oxygens (including phenoxy) is 1. The van der Waals surface area contributed by atoms with E-state index in [-0.39, 0.29) is 16.3 Å². The Morgan fingerprint density at radius 1 is 1.23 bits per heavy atom. The molecular formula is C18H17N5O5S2. The van der Waals surface area contributed by atoms with Crippen LogP contribution in [0.15, 0.2) is 57.8 Å². The number of nitro benzene ring substituents is 1. The number of hydrogen-bond acceptors (Lipinski definition) is 9. The van der Waals surface area contributed by atoms with Crippen LogP contribution in [0.5, 0.6) is 5.75 Å². The van der Waals surface area contributed by atoms with Gasteiger partial charge in [-0.1, -0.05) is 12.1 Å². The SMILES string of the molecule is COc1ccccc1NS(=O)(=O)c1ccc(N/N=C/c2csc(C)n2)c([N+](=O)[O-])c1. The monoisotopic (exact) mass is 447 g/mol. The summed E-state index contributed by atoms with van der Waals surface area (Å²) in [6.07, 6.45) is 1.42. The van der Waals surface area contributed by atoms with Gasteiger partial charge >= 0.3 is 0 Å². The summed E-state index contributed by atoms with van der Waals surface area (Å²) in [5, 5.41) is 18.0. The highest BCUT2D eigenvalue weighted by atomic mass is 32.2. The van der Waals surface area contributed by atoms with Crippen molar-refractivity contribution in [1.29, 1.82) is 0 Å². The van der Waals surface area contributed by atoms with Crippen molar-refractivity contribution < 1.29 is 18.1 Å². The Morgan fingerprint density at radius 3 is 2.67 bits per heavy atom. The summed E-state index contributed by atoms with van der Waals surface area (Å²) in [5.41, 5.74) is 2.98. The van der Waals surface area contributed by atoms with Crippen molar-refractivity contribution >= 4 is 44.6 Å². The van der Waals surface area contributed by atoms with Crippen LogP contribution in [0.2, 0.25) is 0 Å². The van der Waals surface area contributed by atoms with E-state index in [0.717, 1.165) is 11.1 Å². The Labute approximate surface area is 176 Å². The van der Waals surface area contributed by atoms with Gasteiger partial charge in [0.15, 0.2) is 0 Å². The predicted octanol–water partition coefficient (Wildman–Crippen LogP) is 3.62. The molecule has 2 N–H and O–H groups in total. The number of para-hydroxylation sites is 2. The molecule has 0 radical (unpaired) electrons. The maximum Gasteiger partial charge on any atom is 0.295 e. The predicted molar refractivity (Wildman–Crippen MR) is 115 cm³/mol. The lowest BCUT2D eigenvalue weighted by molar-refractivity contribution is -0.384. The van der Waals surface area contributed by atoms with E-state index in [0.29, 0.717) is 11.4 Å². The number of nitrogens with one attached hydrogen (secondary N) is 2. The molecule has 0 spiro atoms. The summed E-state index contributed by atoms with van der Waals surface area (Å²) in [6.45, 7) is 1.85. The standard InChI is InChI=1S/C18H17N5O5S2/c1-12-20-13(11-29-12)10-19-21-15-8-7-14(9-17(15)23(24)25)30(26,27)22-16-5-3-4-6-18(16)28-2/h3-11,21-22H,1-2H3/b19-10+. The minimum absolute atomic E-state index is 0.0412.